The van der Waals surface area contributed by atoms with Crippen LogP contribution in [0, 0.1) is 0 Å². The van der Waals surface area contributed by atoms with Gasteiger partial charge in [-0.15, -0.1) is 0 Å². The smallest absolute Gasteiger partial charge is 0.261 e. The van der Waals surface area contributed by atoms with Gasteiger partial charge >= 0.3 is 0 Å². The van der Waals surface area contributed by atoms with Crippen LogP contribution in [0.4, 0.5) is 17.1 Å². The van der Waals surface area contributed by atoms with Crippen molar-refractivity contribution in [2.75, 3.05) is 34.3 Å². The van der Waals surface area contributed by atoms with Crippen molar-refractivity contribution in [3.05, 3.63) is 77.9 Å². The fourth-order valence-corrected chi connectivity index (χ4v) is 5.29. The summed E-state index contributed by atoms with van der Waals surface area (Å²) in [5, 5.41) is 0. The SMILES string of the molecule is COc1ccc(C(=O)N2CCc3ccc(NS(=O)(=O)c4ccc(NS(C)(=O)=O)cc4)cc32)cc1. The summed E-state index contributed by atoms with van der Waals surface area (Å²) in [5.74, 6) is 0.463. The maximum absolute atomic E-state index is 13.1. The summed E-state index contributed by atoms with van der Waals surface area (Å²) in [5.41, 5.74) is 2.66. The summed E-state index contributed by atoms with van der Waals surface area (Å²) in [6, 6.07) is 17.2. The second kappa shape index (κ2) is 8.99. The molecule has 2 N–H and O–H groups in total. The number of rotatable bonds is 7. The van der Waals surface area contributed by atoms with Crippen LogP contribution in [-0.2, 0) is 26.5 Å². The lowest BCUT2D eigenvalue weighted by Gasteiger charge is -2.19. The molecule has 0 atom stereocenters. The molecule has 1 aliphatic heterocycles. The van der Waals surface area contributed by atoms with E-state index in [2.05, 4.69) is 9.44 Å². The number of amides is 1. The Kier molecular flexibility index (Phi) is 6.24. The molecule has 0 bridgehead atoms. The zero-order valence-corrected chi connectivity index (χ0v) is 20.1. The lowest BCUT2D eigenvalue weighted by Crippen LogP contribution is -2.28. The van der Waals surface area contributed by atoms with Gasteiger partial charge in [-0.3, -0.25) is 14.2 Å². The molecule has 0 aliphatic carbocycles. The second-order valence-electron chi connectivity index (χ2n) is 7.78. The van der Waals surface area contributed by atoms with Gasteiger partial charge < -0.3 is 9.64 Å². The number of ether oxygens (including phenoxy) is 1. The summed E-state index contributed by atoms with van der Waals surface area (Å²) < 4.78 is 58.3. The summed E-state index contributed by atoms with van der Waals surface area (Å²) in [6.45, 7) is 0.491. The Morgan fingerprint density at radius 3 is 2.15 bits per heavy atom. The first kappa shape index (κ1) is 23.6. The Balaban J connectivity index is 1.55. The number of methoxy groups -OCH3 is 1. The number of anilines is 3. The van der Waals surface area contributed by atoms with Crippen molar-refractivity contribution >= 4 is 43.0 Å². The fourth-order valence-electron chi connectivity index (χ4n) is 3.67. The molecule has 0 radical (unpaired) electrons. The Morgan fingerprint density at radius 1 is 0.882 bits per heavy atom. The van der Waals surface area contributed by atoms with Crippen LogP contribution in [0.15, 0.2) is 71.6 Å². The van der Waals surface area contributed by atoms with Crippen LogP contribution in [0.2, 0.25) is 0 Å². The molecule has 0 spiro atoms. The highest BCUT2D eigenvalue weighted by atomic mass is 32.2. The quantitative estimate of drug-likeness (QED) is 0.513. The van der Waals surface area contributed by atoms with Gasteiger partial charge in [-0.25, -0.2) is 16.8 Å². The van der Waals surface area contributed by atoms with E-state index >= 15 is 0 Å². The first-order valence-corrected chi connectivity index (χ1v) is 13.6. The summed E-state index contributed by atoms with van der Waals surface area (Å²) in [4.78, 5) is 14.7. The van der Waals surface area contributed by atoms with Gasteiger partial charge in [0.05, 0.1) is 23.9 Å². The van der Waals surface area contributed by atoms with Gasteiger partial charge in [0.15, 0.2) is 0 Å². The summed E-state index contributed by atoms with van der Waals surface area (Å²) >= 11 is 0. The molecule has 4 rings (SSSR count). The van der Waals surface area contributed by atoms with Crippen LogP contribution >= 0.6 is 0 Å². The number of carbonyl (C=O) groups is 1. The third-order valence-electron chi connectivity index (χ3n) is 5.28. The van der Waals surface area contributed by atoms with Crippen molar-refractivity contribution in [2.24, 2.45) is 0 Å². The topological polar surface area (TPSA) is 122 Å². The van der Waals surface area contributed by atoms with Crippen LogP contribution in [0.5, 0.6) is 5.75 Å². The largest absolute Gasteiger partial charge is 0.497 e. The van der Waals surface area contributed by atoms with Crippen LogP contribution in [0.25, 0.3) is 0 Å². The van der Waals surface area contributed by atoms with Crippen LogP contribution < -0.4 is 19.1 Å². The molecule has 3 aromatic carbocycles. The molecule has 178 valence electrons. The van der Waals surface area contributed by atoms with Crippen molar-refractivity contribution < 1.29 is 26.4 Å². The Hall–Kier alpha value is -3.57. The molecular weight excluding hydrogens is 478 g/mol. The van der Waals surface area contributed by atoms with Crippen molar-refractivity contribution in [3.63, 3.8) is 0 Å². The summed E-state index contributed by atoms with van der Waals surface area (Å²) in [6.07, 6.45) is 1.68. The predicted molar refractivity (Wildman–Crippen MR) is 131 cm³/mol. The van der Waals surface area contributed by atoms with Crippen LogP contribution in [0.3, 0.4) is 0 Å². The molecule has 0 saturated carbocycles. The Bertz CT molecular complexity index is 1440. The average molecular weight is 502 g/mol. The molecule has 0 unspecified atom stereocenters. The molecule has 11 heteroatoms. The molecular formula is C23H23N3O6S2. The third-order valence-corrected chi connectivity index (χ3v) is 7.29. The highest BCUT2D eigenvalue weighted by Crippen LogP contribution is 2.33. The number of benzene rings is 3. The van der Waals surface area contributed by atoms with Gasteiger partial charge in [0.2, 0.25) is 10.0 Å². The van der Waals surface area contributed by atoms with Crippen molar-refractivity contribution in [3.8, 4) is 5.75 Å². The maximum Gasteiger partial charge on any atom is 0.261 e. The zero-order chi connectivity index (χ0) is 24.5. The minimum atomic E-state index is -3.93. The molecule has 0 fully saturated rings. The fraction of sp³-hybridized carbons (Fsp3) is 0.174. The van der Waals surface area contributed by atoms with Gasteiger partial charge in [-0.2, -0.15) is 0 Å². The van der Waals surface area contributed by atoms with Gasteiger partial charge in [-0.05, 0) is 72.6 Å². The Morgan fingerprint density at radius 2 is 1.53 bits per heavy atom. The van der Waals surface area contributed by atoms with Gasteiger partial charge in [0, 0.05) is 23.5 Å². The molecule has 1 heterocycles. The average Bonchev–Trinajstić information content (AvgIpc) is 3.21. The first-order chi connectivity index (χ1) is 16.1. The van der Waals surface area contributed by atoms with E-state index in [0.29, 0.717) is 35.7 Å². The van der Waals surface area contributed by atoms with Crippen LogP contribution in [-0.4, -0.2) is 42.7 Å². The van der Waals surface area contributed by atoms with Gasteiger partial charge in [0.1, 0.15) is 5.75 Å². The second-order valence-corrected chi connectivity index (χ2v) is 11.2. The molecule has 3 aromatic rings. The number of hydrogen-bond acceptors (Lipinski definition) is 6. The Labute approximate surface area is 198 Å². The van der Waals surface area contributed by atoms with Gasteiger partial charge in [-0.1, -0.05) is 6.07 Å². The lowest BCUT2D eigenvalue weighted by atomic mass is 10.1. The van der Waals surface area contributed by atoms with Crippen molar-refractivity contribution in [1.29, 1.82) is 0 Å². The summed E-state index contributed by atoms with van der Waals surface area (Å²) in [7, 11) is -5.85. The molecule has 0 aromatic heterocycles. The van der Waals surface area contributed by atoms with E-state index in [9.17, 15) is 21.6 Å². The zero-order valence-electron chi connectivity index (χ0n) is 18.5. The number of carbonyl (C=O) groups excluding carboxylic acids is 1. The highest BCUT2D eigenvalue weighted by molar-refractivity contribution is 7.92. The number of nitrogens with one attached hydrogen (secondary N) is 2. The van der Waals surface area contributed by atoms with E-state index in [1.807, 2.05) is 0 Å². The minimum absolute atomic E-state index is 0.0294. The van der Waals surface area contributed by atoms with Crippen LogP contribution in [0.1, 0.15) is 15.9 Å². The maximum atomic E-state index is 13.1. The van der Waals surface area contributed by atoms with E-state index in [4.69, 9.17) is 4.74 Å². The third kappa shape index (κ3) is 5.15. The van der Waals surface area contributed by atoms with Crippen molar-refractivity contribution in [2.45, 2.75) is 11.3 Å². The number of fused-ring (bicyclic) bond motifs is 1. The van der Waals surface area contributed by atoms with E-state index in [1.165, 1.54) is 24.3 Å². The minimum Gasteiger partial charge on any atom is -0.497 e. The number of hydrogen-bond donors (Lipinski definition) is 2. The first-order valence-electron chi connectivity index (χ1n) is 10.3. The predicted octanol–water partition coefficient (Wildman–Crippen LogP) is 3.07. The number of sulfonamides is 2. The number of nitrogens with zero attached hydrogens (tertiary/aromatic N) is 1. The normalized spacial score (nSPS) is 13.3. The van der Waals surface area contributed by atoms with E-state index in [-0.39, 0.29) is 16.5 Å². The van der Waals surface area contributed by atoms with Crippen molar-refractivity contribution in [1.82, 2.24) is 0 Å². The highest BCUT2D eigenvalue weighted by Gasteiger charge is 2.26. The molecule has 1 amide bonds. The molecule has 1 aliphatic rings. The van der Waals surface area contributed by atoms with Gasteiger partial charge in [0.25, 0.3) is 15.9 Å². The molecule has 9 nitrogen and oxygen atoms in total. The van der Waals surface area contributed by atoms with E-state index in [1.54, 1.807) is 54.5 Å². The van der Waals surface area contributed by atoms with E-state index in [0.717, 1.165) is 11.8 Å². The molecule has 34 heavy (non-hydrogen) atoms. The van der Waals surface area contributed by atoms with E-state index < -0.39 is 20.0 Å². The monoisotopic (exact) mass is 501 g/mol. The standard InChI is InChI=1S/C23H23N3O6S2/c1-32-20-9-4-17(5-10-20)23(27)26-14-13-16-3-6-19(15-22(16)26)25-34(30,31)21-11-7-18(8-12-21)24-33(2,28)29/h3-12,15,24-25H,13-14H2,1-2H3. The lowest BCUT2D eigenvalue weighted by molar-refractivity contribution is 0.0989. The molecule has 0 saturated heterocycles.